The van der Waals surface area contributed by atoms with E-state index in [-0.39, 0.29) is 17.9 Å². The van der Waals surface area contributed by atoms with E-state index in [0.717, 1.165) is 29.7 Å². The summed E-state index contributed by atoms with van der Waals surface area (Å²) < 4.78 is 5.41. The molecule has 1 saturated heterocycles. The van der Waals surface area contributed by atoms with Crippen LogP contribution in [-0.4, -0.2) is 42.1 Å². The normalized spacial score (nSPS) is 17.7. The fourth-order valence-electron chi connectivity index (χ4n) is 2.89. The van der Waals surface area contributed by atoms with E-state index in [1.54, 1.807) is 4.90 Å². The molecule has 2 amide bonds. The van der Waals surface area contributed by atoms with E-state index >= 15 is 0 Å². The van der Waals surface area contributed by atoms with Crippen LogP contribution in [0.25, 0.3) is 0 Å². The zero-order valence-corrected chi connectivity index (χ0v) is 16.6. The third-order valence-electron chi connectivity index (χ3n) is 4.22. The first-order valence-corrected chi connectivity index (χ1v) is 9.88. The maximum absolute atomic E-state index is 12.4. The van der Waals surface area contributed by atoms with Crippen molar-refractivity contribution in [3.05, 3.63) is 29.8 Å². The van der Waals surface area contributed by atoms with Crippen molar-refractivity contribution in [3.63, 3.8) is 0 Å². The standard InChI is InChI=1S/C19H29N3O3S/c1-19(2,3)25-18(24)22-12-4-5-15(13-22)17(23)21-11-10-14-6-8-16(26-20)9-7-14/h6-9,15H,4-5,10-13,20H2,1-3H3,(H,21,23). The van der Waals surface area contributed by atoms with Gasteiger partial charge in [-0.05, 0) is 69.7 Å². The molecule has 1 aliphatic heterocycles. The van der Waals surface area contributed by atoms with Crippen molar-refractivity contribution < 1.29 is 14.3 Å². The molecule has 26 heavy (non-hydrogen) atoms. The summed E-state index contributed by atoms with van der Waals surface area (Å²) in [5, 5.41) is 8.50. The molecular weight excluding hydrogens is 350 g/mol. The van der Waals surface area contributed by atoms with E-state index in [4.69, 9.17) is 9.88 Å². The van der Waals surface area contributed by atoms with Crippen LogP contribution < -0.4 is 10.5 Å². The Balaban J connectivity index is 1.78. The number of hydrogen-bond donors (Lipinski definition) is 2. The molecule has 7 heteroatoms. The van der Waals surface area contributed by atoms with Crippen molar-refractivity contribution >= 4 is 23.9 Å². The Morgan fingerprint density at radius 2 is 2.00 bits per heavy atom. The van der Waals surface area contributed by atoms with Gasteiger partial charge in [-0.15, -0.1) is 0 Å². The van der Waals surface area contributed by atoms with E-state index < -0.39 is 5.60 Å². The number of benzene rings is 1. The fraction of sp³-hybridized carbons (Fsp3) is 0.579. The number of carbonyl (C=O) groups is 2. The Kier molecular flexibility index (Phi) is 7.34. The summed E-state index contributed by atoms with van der Waals surface area (Å²) in [6, 6.07) is 7.99. The SMILES string of the molecule is CC(C)(C)OC(=O)N1CCCC(C(=O)NCCc2ccc(SN)cc2)C1. The molecule has 0 radical (unpaired) electrons. The number of nitrogens with one attached hydrogen (secondary N) is 1. The molecule has 1 aliphatic rings. The highest BCUT2D eigenvalue weighted by Crippen LogP contribution is 2.19. The molecule has 6 nitrogen and oxygen atoms in total. The average Bonchev–Trinajstić information content (AvgIpc) is 2.61. The van der Waals surface area contributed by atoms with Crippen LogP contribution in [-0.2, 0) is 16.0 Å². The first-order valence-electron chi connectivity index (χ1n) is 9.00. The minimum atomic E-state index is -0.524. The zero-order valence-electron chi connectivity index (χ0n) is 15.8. The van der Waals surface area contributed by atoms with E-state index in [2.05, 4.69) is 5.32 Å². The number of nitrogens with zero attached hydrogens (tertiary/aromatic N) is 1. The molecule has 1 aromatic rings. The van der Waals surface area contributed by atoms with Crippen LogP contribution in [0.15, 0.2) is 29.2 Å². The number of piperidine rings is 1. The highest BCUT2D eigenvalue weighted by molar-refractivity contribution is 7.97. The lowest BCUT2D eigenvalue weighted by atomic mass is 9.97. The predicted molar refractivity (Wildman–Crippen MR) is 104 cm³/mol. The van der Waals surface area contributed by atoms with Crippen LogP contribution in [0.4, 0.5) is 4.79 Å². The maximum Gasteiger partial charge on any atom is 0.410 e. The van der Waals surface area contributed by atoms with Crippen molar-refractivity contribution in [2.45, 2.75) is 50.5 Å². The Hall–Kier alpha value is -1.73. The number of rotatable bonds is 5. The number of amides is 2. The second kappa shape index (κ2) is 9.28. The monoisotopic (exact) mass is 379 g/mol. The first-order chi connectivity index (χ1) is 12.3. The molecule has 0 aliphatic carbocycles. The topological polar surface area (TPSA) is 84.7 Å². The van der Waals surface area contributed by atoms with Gasteiger partial charge >= 0.3 is 6.09 Å². The second-order valence-electron chi connectivity index (χ2n) is 7.57. The molecule has 1 heterocycles. The van der Waals surface area contributed by atoms with E-state index in [0.29, 0.717) is 19.6 Å². The smallest absolute Gasteiger partial charge is 0.410 e. The molecule has 2 rings (SSSR count). The summed E-state index contributed by atoms with van der Waals surface area (Å²) in [6.45, 7) is 7.18. The van der Waals surface area contributed by atoms with Gasteiger partial charge in [0, 0.05) is 24.5 Å². The number of nitrogens with two attached hydrogens (primary N) is 1. The Bertz CT molecular complexity index is 613. The molecular formula is C19H29N3O3S. The largest absolute Gasteiger partial charge is 0.444 e. The van der Waals surface area contributed by atoms with Gasteiger partial charge < -0.3 is 15.0 Å². The molecule has 0 aromatic heterocycles. The molecule has 1 aromatic carbocycles. The summed E-state index contributed by atoms with van der Waals surface area (Å²) in [6.07, 6.45) is 2.04. The minimum absolute atomic E-state index is 0.00684. The van der Waals surface area contributed by atoms with Crippen molar-refractivity contribution in [1.82, 2.24) is 10.2 Å². The zero-order chi connectivity index (χ0) is 19.2. The van der Waals surface area contributed by atoms with Crippen molar-refractivity contribution in [1.29, 1.82) is 0 Å². The molecule has 0 saturated carbocycles. The van der Waals surface area contributed by atoms with Crippen LogP contribution in [0.1, 0.15) is 39.2 Å². The van der Waals surface area contributed by atoms with Crippen molar-refractivity contribution in [3.8, 4) is 0 Å². The fourth-order valence-corrected chi connectivity index (χ4v) is 3.19. The predicted octanol–water partition coefficient (Wildman–Crippen LogP) is 2.96. The molecule has 1 unspecified atom stereocenters. The quantitative estimate of drug-likeness (QED) is 0.769. The van der Waals surface area contributed by atoms with Gasteiger partial charge in [0.05, 0.1) is 5.92 Å². The molecule has 1 fully saturated rings. The molecule has 144 valence electrons. The maximum atomic E-state index is 12.4. The highest BCUT2D eigenvalue weighted by Gasteiger charge is 2.30. The summed E-state index contributed by atoms with van der Waals surface area (Å²) in [7, 11) is 0. The number of carbonyl (C=O) groups excluding carboxylic acids is 2. The molecule has 0 bridgehead atoms. The molecule has 3 N–H and O–H groups in total. The van der Waals surface area contributed by atoms with Crippen molar-refractivity contribution in [2.75, 3.05) is 19.6 Å². The Labute approximate surface area is 160 Å². The van der Waals surface area contributed by atoms with E-state index in [9.17, 15) is 9.59 Å². The van der Waals surface area contributed by atoms with Gasteiger partial charge in [0.2, 0.25) is 5.91 Å². The number of ether oxygens (including phenoxy) is 1. The van der Waals surface area contributed by atoms with Crippen LogP contribution in [0.2, 0.25) is 0 Å². The molecule has 1 atom stereocenters. The Morgan fingerprint density at radius 3 is 2.62 bits per heavy atom. The average molecular weight is 380 g/mol. The van der Waals surface area contributed by atoms with E-state index in [1.165, 1.54) is 11.9 Å². The van der Waals surface area contributed by atoms with Gasteiger partial charge in [-0.3, -0.25) is 9.93 Å². The van der Waals surface area contributed by atoms with Gasteiger partial charge in [-0.1, -0.05) is 12.1 Å². The van der Waals surface area contributed by atoms with Gasteiger partial charge in [0.1, 0.15) is 5.60 Å². The highest BCUT2D eigenvalue weighted by atomic mass is 32.2. The minimum Gasteiger partial charge on any atom is -0.444 e. The van der Waals surface area contributed by atoms with Gasteiger partial charge in [-0.2, -0.15) is 0 Å². The van der Waals surface area contributed by atoms with Gasteiger partial charge in [0.25, 0.3) is 0 Å². The van der Waals surface area contributed by atoms with Crippen LogP contribution in [0.5, 0.6) is 0 Å². The summed E-state index contributed by atoms with van der Waals surface area (Å²) >= 11 is 1.22. The van der Waals surface area contributed by atoms with Crippen LogP contribution in [0, 0.1) is 5.92 Å². The lowest BCUT2D eigenvalue weighted by Crippen LogP contribution is -2.47. The number of hydrogen-bond acceptors (Lipinski definition) is 5. The number of likely N-dealkylation sites (tertiary alicyclic amines) is 1. The Morgan fingerprint density at radius 1 is 1.31 bits per heavy atom. The summed E-state index contributed by atoms with van der Waals surface area (Å²) in [4.78, 5) is 27.3. The lowest BCUT2D eigenvalue weighted by Gasteiger charge is -2.33. The first kappa shape index (κ1) is 20.6. The van der Waals surface area contributed by atoms with Gasteiger partial charge in [-0.25, -0.2) is 4.79 Å². The third kappa shape index (κ3) is 6.53. The van der Waals surface area contributed by atoms with Gasteiger partial charge in [0.15, 0.2) is 0 Å². The summed E-state index contributed by atoms with van der Waals surface area (Å²) in [5.74, 6) is -0.167. The van der Waals surface area contributed by atoms with E-state index in [1.807, 2.05) is 45.0 Å². The second-order valence-corrected chi connectivity index (χ2v) is 8.28. The van der Waals surface area contributed by atoms with Crippen molar-refractivity contribution in [2.24, 2.45) is 11.1 Å². The van der Waals surface area contributed by atoms with Crippen LogP contribution >= 0.6 is 11.9 Å². The molecule has 0 spiro atoms. The van der Waals surface area contributed by atoms with Crippen LogP contribution in [0.3, 0.4) is 0 Å². The third-order valence-corrected chi connectivity index (χ3v) is 4.76. The summed E-state index contributed by atoms with van der Waals surface area (Å²) in [5.41, 5.74) is 0.631. The lowest BCUT2D eigenvalue weighted by molar-refractivity contribution is -0.126.